The molecule has 300 valence electrons. The third kappa shape index (κ3) is 7.93. The second-order valence-corrected chi connectivity index (χ2v) is 15.7. The topological polar surface area (TPSA) is 200 Å². The highest BCUT2D eigenvalue weighted by molar-refractivity contribution is 7.00. The number of imidazole rings is 2. The van der Waals surface area contributed by atoms with E-state index in [-0.39, 0.29) is 35.7 Å². The van der Waals surface area contributed by atoms with Crippen molar-refractivity contribution in [3.63, 3.8) is 0 Å². The molecular formula is C40H48N10O6S. The summed E-state index contributed by atoms with van der Waals surface area (Å²) >= 11 is 1.14. The molecule has 2 aromatic carbocycles. The molecule has 7 rings (SSSR count). The molecule has 57 heavy (non-hydrogen) atoms. The van der Waals surface area contributed by atoms with E-state index in [2.05, 4.69) is 34.3 Å². The number of benzene rings is 2. The predicted octanol–water partition coefficient (Wildman–Crippen LogP) is 6.23. The zero-order chi connectivity index (χ0) is 40.4. The van der Waals surface area contributed by atoms with Gasteiger partial charge in [-0.1, -0.05) is 58.0 Å². The molecule has 0 saturated carbocycles. The lowest BCUT2D eigenvalue weighted by Crippen LogP contribution is -2.51. The van der Waals surface area contributed by atoms with Gasteiger partial charge in [-0.3, -0.25) is 9.59 Å². The Kier molecular flexibility index (Phi) is 11.6. The molecule has 2 saturated heterocycles. The van der Waals surface area contributed by atoms with Gasteiger partial charge in [-0.05, 0) is 54.7 Å². The molecule has 4 amide bonds. The maximum absolute atomic E-state index is 13.6. The van der Waals surface area contributed by atoms with Crippen molar-refractivity contribution in [2.45, 2.75) is 77.5 Å². The van der Waals surface area contributed by atoms with Crippen molar-refractivity contribution >= 4 is 46.8 Å². The molecule has 0 radical (unpaired) electrons. The molecule has 2 aliphatic heterocycles. The van der Waals surface area contributed by atoms with Crippen LogP contribution in [0.4, 0.5) is 9.59 Å². The van der Waals surface area contributed by atoms with Crippen molar-refractivity contribution in [2.75, 3.05) is 27.3 Å². The Bertz CT molecular complexity index is 2250. The van der Waals surface area contributed by atoms with Crippen LogP contribution in [0.15, 0.2) is 48.8 Å². The minimum Gasteiger partial charge on any atom is -0.453 e. The molecule has 4 atom stereocenters. The van der Waals surface area contributed by atoms with Crippen LogP contribution in [0.25, 0.3) is 44.7 Å². The monoisotopic (exact) mass is 796 g/mol. The molecule has 5 heterocycles. The number of fused-ring (bicyclic) bond motifs is 1. The van der Waals surface area contributed by atoms with Crippen molar-refractivity contribution < 1.29 is 28.7 Å². The number of hydrogen-bond acceptors (Lipinski definition) is 11. The van der Waals surface area contributed by atoms with E-state index in [4.69, 9.17) is 14.5 Å². The van der Waals surface area contributed by atoms with Crippen molar-refractivity contribution in [2.24, 2.45) is 11.8 Å². The maximum atomic E-state index is 13.6. The largest absolute Gasteiger partial charge is 0.453 e. The van der Waals surface area contributed by atoms with Crippen LogP contribution in [-0.2, 0) is 19.1 Å². The van der Waals surface area contributed by atoms with E-state index >= 15 is 0 Å². The SMILES string of the molecule is COC(=O)NC(C(=O)N1CCCC1c1ncc(-c2ccc(-c3ccc(-c4cnc(C5CCCN5C(=O)C(NC(=O)OC)C(C)C)[nH]4)c4nsnc34)cc2)[nH]1)C(C)C. The summed E-state index contributed by atoms with van der Waals surface area (Å²) in [5.41, 5.74) is 6.81. The van der Waals surface area contributed by atoms with Gasteiger partial charge in [0.25, 0.3) is 0 Å². The van der Waals surface area contributed by atoms with E-state index in [9.17, 15) is 19.2 Å². The van der Waals surface area contributed by atoms with E-state index in [1.165, 1.54) is 14.2 Å². The molecular weight excluding hydrogens is 749 g/mol. The summed E-state index contributed by atoms with van der Waals surface area (Å²) in [5.74, 6) is 0.823. The van der Waals surface area contributed by atoms with E-state index in [1.807, 2.05) is 64.1 Å². The number of nitrogens with one attached hydrogen (secondary N) is 4. The number of alkyl carbamates (subject to hydrolysis) is 2. The second kappa shape index (κ2) is 16.7. The van der Waals surface area contributed by atoms with Gasteiger partial charge in [0.05, 0.1) is 61.8 Å². The van der Waals surface area contributed by atoms with Crippen LogP contribution in [0.1, 0.15) is 77.1 Å². The molecule has 2 aliphatic rings. The molecule has 3 aromatic heterocycles. The normalized spacial score (nSPS) is 18.0. The van der Waals surface area contributed by atoms with Gasteiger partial charge in [-0.15, -0.1) is 0 Å². The minimum atomic E-state index is -0.714. The zero-order valence-electron chi connectivity index (χ0n) is 32.9. The summed E-state index contributed by atoms with van der Waals surface area (Å²) in [7, 11) is 2.57. The number of likely N-dealkylation sites (tertiary alicyclic amines) is 2. The van der Waals surface area contributed by atoms with Gasteiger partial charge < -0.3 is 39.9 Å². The van der Waals surface area contributed by atoms with Crippen molar-refractivity contribution in [3.8, 4) is 33.6 Å². The Morgan fingerprint density at radius 3 is 1.65 bits per heavy atom. The van der Waals surface area contributed by atoms with Crippen LogP contribution in [0.5, 0.6) is 0 Å². The van der Waals surface area contributed by atoms with E-state index in [0.717, 1.165) is 82.1 Å². The third-order valence-corrected chi connectivity index (χ3v) is 11.4. The highest BCUT2D eigenvalue weighted by Gasteiger charge is 2.39. The van der Waals surface area contributed by atoms with Crippen LogP contribution < -0.4 is 10.6 Å². The van der Waals surface area contributed by atoms with Crippen LogP contribution >= 0.6 is 11.7 Å². The van der Waals surface area contributed by atoms with E-state index in [0.29, 0.717) is 24.7 Å². The first kappa shape index (κ1) is 39.4. The summed E-state index contributed by atoms with van der Waals surface area (Å²) in [4.78, 5) is 71.1. The first-order chi connectivity index (χ1) is 27.5. The van der Waals surface area contributed by atoms with Crippen LogP contribution in [-0.4, -0.2) is 102 Å². The Morgan fingerprint density at radius 1 is 0.684 bits per heavy atom. The fourth-order valence-electron chi connectivity index (χ4n) is 7.83. The van der Waals surface area contributed by atoms with Crippen LogP contribution in [0.2, 0.25) is 0 Å². The van der Waals surface area contributed by atoms with Gasteiger partial charge in [0.15, 0.2) is 0 Å². The van der Waals surface area contributed by atoms with Crippen molar-refractivity contribution in [1.29, 1.82) is 0 Å². The number of carbonyl (C=O) groups is 4. The number of ether oxygens (including phenoxy) is 2. The second-order valence-electron chi connectivity index (χ2n) is 15.2. The summed E-state index contributed by atoms with van der Waals surface area (Å²) in [6.45, 7) is 8.72. The minimum absolute atomic E-state index is 0.117. The number of aromatic amines is 2. The molecule has 0 bridgehead atoms. The highest BCUT2D eigenvalue weighted by Crippen LogP contribution is 2.38. The average Bonchev–Trinajstić information content (AvgIpc) is 4.07. The Labute approximate surface area is 334 Å². The number of rotatable bonds is 11. The summed E-state index contributed by atoms with van der Waals surface area (Å²) < 4.78 is 18.9. The van der Waals surface area contributed by atoms with Crippen molar-refractivity contribution in [1.82, 2.24) is 49.1 Å². The molecule has 5 aromatic rings. The van der Waals surface area contributed by atoms with E-state index in [1.54, 1.807) is 22.2 Å². The summed E-state index contributed by atoms with van der Waals surface area (Å²) in [6.07, 6.45) is 5.46. The Morgan fingerprint density at radius 2 is 1.14 bits per heavy atom. The highest BCUT2D eigenvalue weighted by atomic mass is 32.1. The smallest absolute Gasteiger partial charge is 0.407 e. The van der Waals surface area contributed by atoms with Gasteiger partial charge in [-0.25, -0.2) is 19.6 Å². The van der Waals surface area contributed by atoms with Gasteiger partial charge in [0.1, 0.15) is 34.8 Å². The number of carbonyl (C=O) groups excluding carboxylic acids is 4. The third-order valence-electron chi connectivity index (χ3n) is 10.9. The van der Waals surface area contributed by atoms with Gasteiger partial charge in [0, 0.05) is 24.2 Å². The van der Waals surface area contributed by atoms with Crippen LogP contribution in [0.3, 0.4) is 0 Å². The van der Waals surface area contributed by atoms with Gasteiger partial charge in [0.2, 0.25) is 11.8 Å². The number of methoxy groups -OCH3 is 2. The summed E-state index contributed by atoms with van der Waals surface area (Å²) in [6, 6.07) is 10.3. The summed E-state index contributed by atoms with van der Waals surface area (Å²) in [5, 5.41) is 5.39. The maximum Gasteiger partial charge on any atom is 0.407 e. The van der Waals surface area contributed by atoms with E-state index < -0.39 is 24.3 Å². The molecule has 4 N–H and O–H groups in total. The predicted molar refractivity (Wildman–Crippen MR) is 214 cm³/mol. The average molecular weight is 797 g/mol. The van der Waals surface area contributed by atoms with Crippen LogP contribution in [0, 0.1) is 11.8 Å². The molecule has 0 aliphatic carbocycles. The first-order valence-electron chi connectivity index (χ1n) is 19.2. The first-order valence-corrected chi connectivity index (χ1v) is 20.0. The molecule has 4 unspecified atom stereocenters. The van der Waals surface area contributed by atoms with Gasteiger partial charge >= 0.3 is 12.2 Å². The fourth-order valence-corrected chi connectivity index (χ4v) is 8.40. The Hall–Kier alpha value is -5.84. The number of hydrogen-bond donors (Lipinski definition) is 4. The van der Waals surface area contributed by atoms with Crippen molar-refractivity contribution in [3.05, 3.63) is 60.4 Å². The lowest BCUT2D eigenvalue weighted by molar-refractivity contribution is -0.136. The zero-order valence-corrected chi connectivity index (χ0v) is 33.7. The molecule has 2 fully saturated rings. The molecule has 16 nitrogen and oxygen atoms in total. The number of H-pyrrole nitrogens is 2. The Balaban J connectivity index is 1.07. The lowest BCUT2D eigenvalue weighted by Gasteiger charge is -2.30. The molecule has 0 spiro atoms. The number of aromatic nitrogens is 6. The number of nitrogens with zero attached hydrogens (tertiary/aromatic N) is 6. The number of amides is 4. The quantitative estimate of drug-likeness (QED) is 0.119. The fraction of sp³-hybridized carbons (Fsp3) is 0.450. The molecule has 17 heteroatoms. The standard InChI is InChI=1S/C40H48N10O6S/c1-21(2)31(45-39(53)55-5)37(51)49-17-7-9-29(49)35-41-19-27(43-35)24-13-11-23(12-14-24)25-15-16-26(34-33(25)47-57-48-34)28-20-42-36(44-28)30-10-8-18-50(30)38(52)32(22(3)4)46-40(54)56-6/h11-16,19-22,29-32H,7-10,17-18H2,1-6H3,(H,41,43)(H,42,44)(H,45,53)(H,46,54). The lowest BCUT2D eigenvalue weighted by atomic mass is 9.99. The van der Waals surface area contributed by atoms with Gasteiger partial charge in [-0.2, -0.15) is 8.75 Å².